The minimum atomic E-state index is 0.483. The summed E-state index contributed by atoms with van der Waals surface area (Å²) in [7, 11) is 0. The number of aromatic nitrogens is 1. The van der Waals surface area contributed by atoms with E-state index < -0.39 is 0 Å². The van der Waals surface area contributed by atoms with E-state index in [9.17, 15) is 0 Å². The lowest BCUT2D eigenvalue weighted by Crippen LogP contribution is -1.94. The van der Waals surface area contributed by atoms with Crippen LogP contribution in [0.5, 0.6) is 0 Å². The van der Waals surface area contributed by atoms with Crippen molar-refractivity contribution in [2.24, 2.45) is 0 Å². The number of hydrogen-bond acceptors (Lipinski definition) is 0. The van der Waals surface area contributed by atoms with Crippen molar-refractivity contribution in [3.05, 3.63) is 52.3 Å². The van der Waals surface area contributed by atoms with Crippen LogP contribution in [0.4, 0.5) is 0 Å². The third-order valence-corrected chi connectivity index (χ3v) is 2.83. The zero-order chi connectivity index (χ0) is 11.7. The van der Waals surface area contributed by atoms with E-state index in [-0.39, 0.29) is 0 Å². The van der Waals surface area contributed by atoms with Gasteiger partial charge in [-0.25, -0.2) is 0 Å². The second-order valence-corrected chi connectivity index (χ2v) is 4.47. The number of halogens is 1. The van der Waals surface area contributed by atoms with E-state index in [1.807, 2.05) is 12.1 Å². The van der Waals surface area contributed by atoms with Crippen LogP contribution in [0.15, 0.2) is 24.3 Å². The van der Waals surface area contributed by atoms with Gasteiger partial charge in [0.15, 0.2) is 0 Å². The second kappa shape index (κ2) is 4.15. The maximum atomic E-state index is 5.89. The molecule has 1 aromatic heterocycles. The van der Waals surface area contributed by atoms with Crippen molar-refractivity contribution in [2.75, 3.05) is 0 Å². The number of benzene rings is 1. The molecular formula is C14H13ClN+. The number of nitrogens with zero attached hydrogens (tertiary/aromatic N) is 1. The lowest BCUT2D eigenvalue weighted by molar-refractivity contribution is -0.291. The number of rotatable bonds is 1. The van der Waals surface area contributed by atoms with E-state index in [4.69, 9.17) is 11.6 Å². The van der Waals surface area contributed by atoms with Crippen molar-refractivity contribution in [2.45, 2.75) is 20.8 Å². The Hall–Kier alpha value is -1.52. The average molecular weight is 231 g/mol. The molecule has 1 aromatic carbocycles. The van der Waals surface area contributed by atoms with Gasteiger partial charge in [0.2, 0.25) is 0 Å². The molecule has 2 heteroatoms. The fourth-order valence-electron chi connectivity index (χ4n) is 2.15. The summed E-state index contributed by atoms with van der Waals surface area (Å²) in [6.07, 6.45) is 2.81. The molecule has 0 spiro atoms. The standard InChI is InChI=1S/C14H13ClN/c1-9-6-10(2)14(11(3)7-9)12-4-5-16-13(15)8-12/h4,6-8H,1-3H3/q+1. The van der Waals surface area contributed by atoms with Gasteiger partial charge in [-0.1, -0.05) is 17.7 Å². The van der Waals surface area contributed by atoms with Crippen molar-refractivity contribution in [1.29, 1.82) is 0 Å². The zero-order valence-corrected chi connectivity index (χ0v) is 10.4. The van der Waals surface area contributed by atoms with Crippen LogP contribution in [0.2, 0.25) is 5.15 Å². The molecule has 16 heavy (non-hydrogen) atoms. The summed E-state index contributed by atoms with van der Waals surface area (Å²) in [5.74, 6) is 0. The van der Waals surface area contributed by atoms with Gasteiger partial charge in [-0.15, -0.1) is 0 Å². The molecule has 0 aliphatic heterocycles. The molecule has 0 atom stereocenters. The molecule has 0 bridgehead atoms. The van der Waals surface area contributed by atoms with Crippen LogP contribution in [0.3, 0.4) is 0 Å². The first-order chi connectivity index (χ1) is 7.58. The fraction of sp³-hybridized carbons (Fsp3) is 0.214. The van der Waals surface area contributed by atoms with E-state index >= 15 is 0 Å². The molecule has 0 saturated heterocycles. The van der Waals surface area contributed by atoms with E-state index in [0.717, 1.165) is 5.56 Å². The van der Waals surface area contributed by atoms with Crippen LogP contribution >= 0.6 is 11.6 Å². The fourth-order valence-corrected chi connectivity index (χ4v) is 2.31. The Morgan fingerprint density at radius 2 is 1.69 bits per heavy atom. The molecule has 1 nitrogen and oxygen atoms in total. The monoisotopic (exact) mass is 230 g/mol. The summed E-state index contributed by atoms with van der Waals surface area (Å²) in [4.78, 5) is 3.88. The highest BCUT2D eigenvalue weighted by Crippen LogP contribution is 2.28. The van der Waals surface area contributed by atoms with Crippen LogP contribution in [0.25, 0.3) is 11.1 Å². The SMILES string of the molecule is Cc1cc(C)c(-c2cc#[n+]c(Cl)c2)c(C)c1. The molecule has 0 aliphatic carbocycles. The molecule has 2 rings (SSSR count). The molecule has 0 amide bonds. The smallest absolute Gasteiger partial charge is 0.0557 e. The van der Waals surface area contributed by atoms with Crippen molar-refractivity contribution in [3.8, 4) is 11.1 Å². The first-order valence-electron chi connectivity index (χ1n) is 5.20. The molecule has 0 unspecified atom stereocenters. The predicted octanol–water partition coefficient (Wildman–Crippen LogP) is 3.33. The van der Waals surface area contributed by atoms with E-state index in [1.165, 1.54) is 22.3 Å². The Labute approximate surface area is 101 Å². The lowest BCUT2D eigenvalue weighted by Gasteiger charge is -2.09. The highest BCUT2D eigenvalue weighted by atomic mass is 35.5. The summed E-state index contributed by atoms with van der Waals surface area (Å²) >= 11 is 5.89. The normalized spacial score (nSPS) is 10.0. The molecule has 0 N–H and O–H groups in total. The van der Waals surface area contributed by atoms with Gasteiger partial charge in [0.05, 0.1) is 12.1 Å². The minimum Gasteiger partial charge on any atom is -0.0557 e. The van der Waals surface area contributed by atoms with Crippen LogP contribution in [-0.4, -0.2) is 0 Å². The Morgan fingerprint density at radius 1 is 1.06 bits per heavy atom. The predicted molar refractivity (Wildman–Crippen MR) is 65.5 cm³/mol. The van der Waals surface area contributed by atoms with Gasteiger partial charge in [-0.3, -0.25) is 0 Å². The van der Waals surface area contributed by atoms with Gasteiger partial charge >= 0.3 is 11.3 Å². The molecule has 0 fully saturated rings. The number of aryl methyl sites for hydroxylation is 3. The third-order valence-electron chi connectivity index (χ3n) is 2.63. The molecule has 0 saturated carbocycles. The molecule has 1 heterocycles. The van der Waals surface area contributed by atoms with Gasteiger partial charge < -0.3 is 0 Å². The summed E-state index contributed by atoms with van der Waals surface area (Å²) in [6, 6.07) is 8.10. The highest BCUT2D eigenvalue weighted by molar-refractivity contribution is 6.28. The molecular weight excluding hydrogens is 218 g/mol. The van der Waals surface area contributed by atoms with Gasteiger partial charge in [-0.05, 0) is 42.4 Å². The van der Waals surface area contributed by atoms with Crippen molar-refractivity contribution in [3.63, 3.8) is 0 Å². The summed E-state index contributed by atoms with van der Waals surface area (Å²) < 4.78 is 0. The summed E-state index contributed by atoms with van der Waals surface area (Å²) in [6.45, 7) is 6.34. The van der Waals surface area contributed by atoms with E-state index in [0.29, 0.717) is 5.15 Å². The van der Waals surface area contributed by atoms with Crippen LogP contribution in [0.1, 0.15) is 16.7 Å². The molecule has 2 aromatic rings. The quantitative estimate of drug-likeness (QED) is 0.733. The maximum absolute atomic E-state index is 5.89. The van der Waals surface area contributed by atoms with Crippen molar-refractivity contribution in [1.82, 2.24) is 0 Å². The summed E-state index contributed by atoms with van der Waals surface area (Å²) in [5.41, 5.74) is 6.10. The Morgan fingerprint density at radius 3 is 2.25 bits per heavy atom. The Bertz CT molecular complexity index is 509. The highest BCUT2D eigenvalue weighted by Gasteiger charge is 2.10. The van der Waals surface area contributed by atoms with Crippen molar-refractivity contribution < 1.29 is 4.98 Å². The first kappa shape index (κ1) is 11.0. The van der Waals surface area contributed by atoms with Gasteiger partial charge in [0.1, 0.15) is 0 Å². The lowest BCUT2D eigenvalue weighted by atomic mass is 9.95. The maximum Gasteiger partial charge on any atom is 0.409 e. The molecule has 0 radical (unpaired) electrons. The van der Waals surface area contributed by atoms with Crippen LogP contribution in [0, 0.1) is 27.0 Å². The Balaban J connectivity index is 2.64. The third kappa shape index (κ3) is 2.03. The van der Waals surface area contributed by atoms with Crippen LogP contribution < -0.4 is 4.98 Å². The van der Waals surface area contributed by atoms with E-state index in [1.54, 1.807) is 0 Å². The molecule has 0 aliphatic rings. The largest absolute Gasteiger partial charge is 0.409 e. The zero-order valence-electron chi connectivity index (χ0n) is 9.63. The first-order valence-corrected chi connectivity index (χ1v) is 5.57. The van der Waals surface area contributed by atoms with E-state index in [2.05, 4.69) is 44.1 Å². The summed E-state index contributed by atoms with van der Waals surface area (Å²) in [5, 5.41) is 0.483. The minimum absolute atomic E-state index is 0.483. The Kier molecular flexibility index (Phi) is 2.85. The van der Waals surface area contributed by atoms with Gasteiger partial charge in [0, 0.05) is 17.2 Å². The molecule has 80 valence electrons. The van der Waals surface area contributed by atoms with Gasteiger partial charge in [-0.2, -0.15) is 0 Å². The number of hydrogen-bond donors (Lipinski definition) is 0. The van der Waals surface area contributed by atoms with Crippen molar-refractivity contribution >= 4 is 11.6 Å². The second-order valence-electron chi connectivity index (χ2n) is 4.08. The van der Waals surface area contributed by atoms with Gasteiger partial charge in [0.25, 0.3) is 0 Å². The van der Waals surface area contributed by atoms with Crippen LogP contribution in [-0.2, 0) is 0 Å². The average Bonchev–Trinajstić information content (AvgIpc) is 2.15. The topological polar surface area (TPSA) is 14.1 Å².